The molecular weight excluding hydrogens is 249 g/mol. The highest BCUT2D eigenvalue weighted by Gasteiger charge is 2.17. The summed E-state index contributed by atoms with van der Waals surface area (Å²) in [6.07, 6.45) is 3.31. The summed E-state index contributed by atoms with van der Waals surface area (Å²) in [6.45, 7) is 0.362. The Morgan fingerprint density at radius 1 is 1.53 bits per heavy atom. The second-order valence-electron chi connectivity index (χ2n) is 4.11. The van der Waals surface area contributed by atoms with Crippen molar-refractivity contribution in [2.75, 3.05) is 14.2 Å². The van der Waals surface area contributed by atoms with Gasteiger partial charge in [-0.1, -0.05) is 0 Å². The van der Waals surface area contributed by atoms with Crippen LogP contribution in [0.15, 0.2) is 30.6 Å². The molecule has 19 heavy (non-hydrogen) atoms. The van der Waals surface area contributed by atoms with Crippen LogP contribution in [0, 0.1) is 5.82 Å². The number of rotatable bonds is 4. The lowest BCUT2D eigenvalue weighted by molar-refractivity contribution is 0.0780. The van der Waals surface area contributed by atoms with Crippen LogP contribution in [0.4, 0.5) is 4.39 Å². The number of amides is 1. The first-order valence-electron chi connectivity index (χ1n) is 5.68. The number of benzene rings is 1. The number of aromatic amines is 1. The Bertz CT molecular complexity index is 569. The van der Waals surface area contributed by atoms with Crippen LogP contribution in [0.5, 0.6) is 5.75 Å². The number of halogens is 1. The first kappa shape index (κ1) is 13.1. The minimum Gasteiger partial charge on any atom is -0.497 e. The molecule has 1 amide bonds. The van der Waals surface area contributed by atoms with Gasteiger partial charge in [0.05, 0.1) is 18.9 Å². The molecule has 0 fully saturated rings. The normalized spacial score (nSPS) is 10.3. The van der Waals surface area contributed by atoms with Crippen molar-refractivity contribution in [3.8, 4) is 5.75 Å². The highest BCUT2D eigenvalue weighted by atomic mass is 19.1. The fourth-order valence-electron chi connectivity index (χ4n) is 1.71. The molecule has 6 heteroatoms. The molecule has 1 aromatic carbocycles. The van der Waals surface area contributed by atoms with Gasteiger partial charge < -0.3 is 9.64 Å². The molecule has 0 saturated heterocycles. The molecule has 0 spiro atoms. The monoisotopic (exact) mass is 263 g/mol. The average molecular weight is 263 g/mol. The lowest BCUT2D eigenvalue weighted by Gasteiger charge is -2.16. The summed E-state index contributed by atoms with van der Waals surface area (Å²) in [5.74, 6) is -0.601. The van der Waals surface area contributed by atoms with E-state index in [0.717, 1.165) is 5.56 Å². The fraction of sp³-hybridized carbons (Fsp3) is 0.231. The molecule has 100 valence electrons. The number of H-pyrrole nitrogens is 1. The zero-order valence-electron chi connectivity index (χ0n) is 10.7. The van der Waals surface area contributed by atoms with Crippen molar-refractivity contribution >= 4 is 5.91 Å². The van der Waals surface area contributed by atoms with Gasteiger partial charge in [-0.2, -0.15) is 5.10 Å². The minimum atomic E-state index is -0.594. The summed E-state index contributed by atoms with van der Waals surface area (Å²) in [5.41, 5.74) is 0.872. The van der Waals surface area contributed by atoms with Crippen LogP contribution in [0.2, 0.25) is 0 Å². The molecule has 2 rings (SSSR count). The molecule has 0 atom stereocenters. The maximum absolute atomic E-state index is 13.8. The predicted octanol–water partition coefficient (Wildman–Crippen LogP) is 1.83. The van der Waals surface area contributed by atoms with E-state index >= 15 is 0 Å². The first-order valence-corrected chi connectivity index (χ1v) is 5.68. The van der Waals surface area contributed by atoms with E-state index in [9.17, 15) is 9.18 Å². The van der Waals surface area contributed by atoms with Crippen LogP contribution in [-0.2, 0) is 6.54 Å². The van der Waals surface area contributed by atoms with Crippen molar-refractivity contribution in [2.24, 2.45) is 0 Å². The average Bonchev–Trinajstić information content (AvgIpc) is 2.90. The van der Waals surface area contributed by atoms with Crippen molar-refractivity contribution < 1.29 is 13.9 Å². The molecule has 1 heterocycles. The molecule has 2 aromatic rings. The summed E-state index contributed by atoms with van der Waals surface area (Å²) >= 11 is 0. The molecule has 0 aliphatic rings. The molecule has 5 nitrogen and oxygen atoms in total. The molecule has 1 aromatic heterocycles. The van der Waals surface area contributed by atoms with E-state index < -0.39 is 5.82 Å². The van der Waals surface area contributed by atoms with Crippen LogP contribution in [0.25, 0.3) is 0 Å². The number of ether oxygens (including phenoxy) is 1. The van der Waals surface area contributed by atoms with Gasteiger partial charge in [0.25, 0.3) is 5.91 Å². The van der Waals surface area contributed by atoms with Crippen molar-refractivity contribution in [1.29, 1.82) is 0 Å². The Hall–Kier alpha value is -2.37. The summed E-state index contributed by atoms with van der Waals surface area (Å²) in [4.78, 5) is 13.5. The van der Waals surface area contributed by atoms with Gasteiger partial charge >= 0.3 is 0 Å². The standard InChI is InChI=1S/C13H14FN3O2/c1-17(8-9-6-15-16-7-9)13(18)11-4-3-10(19-2)5-12(11)14/h3-7H,8H2,1-2H3,(H,15,16). The zero-order valence-corrected chi connectivity index (χ0v) is 10.7. The molecule has 0 bridgehead atoms. The maximum atomic E-state index is 13.8. The maximum Gasteiger partial charge on any atom is 0.256 e. The van der Waals surface area contributed by atoms with E-state index in [1.165, 1.54) is 24.1 Å². The number of hydrogen-bond donors (Lipinski definition) is 1. The Kier molecular flexibility index (Phi) is 3.79. The van der Waals surface area contributed by atoms with Crippen LogP contribution >= 0.6 is 0 Å². The third kappa shape index (κ3) is 2.90. The molecule has 0 aliphatic carbocycles. The number of nitrogens with one attached hydrogen (secondary N) is 1. The highest BCUT2D eigenvalue weighted by molar-refractivity contribution is 5.94. The summed E-state index contributed by atoms with van der Waals surface area (Å²) < 4.78 is 18.7. The summed E-state index contributed by atoms with van der Waals surface area (Å²) in [5, 5.41) is 6.46. The van der Waals surface area contributed by atoms with E-state index in [1.54, 1.807) is 25.5 Å². The van der Waals surface area contributed by atoms with Gasteiger partial charge in [-0.05, 0) is 12.1 Å². The second kappa shape index (κ2) is 5.51. The molecule has 0 saturated carbocycles. The number of methoxy groups -OCH3 is 1. The number of aromatic nitrogens is 2. The van der Waals surface area contributed by atoms with Crippen LogP contribution in [0.1, 0.15) is 15.9 Å². The summed E-state index contributed by atoms with van der Waals surface area (Å²) in [7, 11) is 3.06. The van der Waals surface area contributed by atoms with Crippen LogP contribution < -0.4 is 4.74 Å². The van der Waals surface area contributed by atoms with E-state index in [4.69, 9.17) is 4.74 Å². The molecule has 0 radical (unpaired) electrons. The van der Waals surface area contributed by atoms with Gasteiger partial charge in [-0.25, -0.2) is 4.39 Å². The SMILES string of the molecule is COc1ccc(C(=O)N(C)Cc2cn[nH]c2)c(F)c1. The van der Waals surface area contributed by atoms with Gasteiger partial charge in [0.1, 0.15) is 11.6 Å². The molecule has 0 aliphatic heterocycles. The summed E-state index contributed by atoms with van der Waals surface area (Å²) in [6, 6.07) is 4.17. The molecular formula is C13H14FN3O2. The fourth-order valence-corrected chi connectivity index (χ4v) is 1.71. The highest BCUT2D eigenvalue weighted by Crippen LogP contribution is 2.18. The van der Waals surface area contributed by atoms with Gasteiger partial charge in [0.2, 0.25) is 0 Å². The number of carbonyl (C=O) groups excluding carboxylic acids is 1. The quantitative estimate of drug-likeness (QED) is 0.915. The lowest BCUT2D eigenvalue weighted by atomic mass is 10.1. The van der Waals surface area contributed by atoms with Crippen LogP contribution in [0.3, 0.4) is 0 Å². The van der Waals surface area contributed by atoms with Crippen molar-refractivity contribution in [2.45, 2.75) is 6.54 Å². The molecule has 0 unspecified atom stereocenters. The first-order chi connectivity index (χ1) is 9.11. The van der Waals surface area contributed by atoms with E-state index in [1.807, 2.05) is 0 Å². The van der Waals surface area contributed by atoms with Gasteiger partial charge in [0, 0.05) is 31.4 Å². The Morgan fingerprint density at radius 3 is 2.89 bits per heavy atom. The van der Waals surface area contributed by atoms with Crippen LogP contribution in [-0.4, -0.2) is 35.2 Å². The smallest absolute Gasteiger partial charge is 0.256 e. The van der Waals surface area contributed by atoms with Crippen molar-refractivity contribution in [3.05, 3.63) is 47.5 Å². The van der Waals surface area contributed by atoms with E-state index in [0.29, 0.717) is 12.3 Å². The van der Waals surface area contributed by atoms with E-state index in [-0.39, 0.29) is 11.5 Å². The second-order valence-corrected chi connectivity index (χ2v) is 4.11. The topological polar surface area (TPSA) is 58.2 Å². The van der Waals surface area contributed by atoms with Gasteiger partial charge in [0.15, 0.2) is 0 Å². The zero-order chi connectivity index (χ0) is 13.8. The predicted molar refractivity (Wildman–Crippen MR) is 67.3 cm³/mol. The van der Waals surface area contributed by atoms with Gasteiger partial charge in [-0.15, -0.1) is 0 Å². The minimum absolute atomic E-state index is 0.0202. The van der Waals surface area contributed by atoms with Crippen molar-refractivity contribution in [3.63, 3.8) is 0 Å². The Labute approximate surface area is 110 Å². The lowest BCUT2D eigenvalue weighted by Crippen LogP contribution is -2.26. The van der Waals surface area contributed by atoms with Gasteiger partial charge in [-0.3, -0.25) is 9.89 Å². The third-order valence-corrected chi connectivity index (χ3v) is 2.73. The Balaban J connectivity index is 2.14. The number of nitrogens with zero attached hydrogens (tertiary/aromatic N) is 2. The number of hydrogen-bond acceptors (Lipinski definition) is 3. The molecule has 1 N–H and O–H groups in total. The Morgan fingerprint density at radius 2 is 2.32 bits per heavy atom. The number of carbonyl (C=O) groups is 1. The van der Waals surface area contributed by atoms with Crippen molar-refractivity contribution in [1.82, 2.24) is 15.1 Å². The third-order valence-electron chi connectivity index (χ3n) is 2.73. The van der Waals surface area contributed by atoms with E-state index in [2.05, 4.69) is 10.2 Å². The largest absolute Gasteiger partial charge is 0.497 e.